The Morgan fingerprint density at radius 1 is 1.17 bits per heavy atom. The van der Waals surface area contributed by atoms with E-state index < -0.39 is 21.8 Å². The fourth-order valence-electron chi connectivity index (χ4n) is 8.66. The summed E-state index contributed by atoms with van der Waals surface area (Å²) in [4.78, 5) is 47.9. The van der Waals surface area contributed by atoms with E-state index in [0.29, 0.717) is 44.2 Å². The summed E-state index contributed by atoms with van der Waals surface area (Å²) in [5, 5.41) is 3.81. The third kappa shape index (κ3) is 7.72. The Bertz CT molecular complexity index is 1530. The summed E-state index contributed by atoms with van der Waals surface area (Å²) >= 11 is 8.51. The first-order valence-corrected chi connectivity index (χ1v) is 20.4. The minimum Gasteiger partial charge on any atom is -0.376 e. The molecule has 9 unspecified atom stereocenters. The van der Waals surface area contributed by atoms with Crippen molar-refractivity contribution in [1.82, 2.24) is 29.4 Å². The SMILES string of the molecule is Cc1nc2c(c(=O)n1CCOC1CCC(Cl)CC1C1CC(C)NC3C(C(=O)NS(C)(=O)=O)CSC13)CC(N1CCN(C)C(=O)C1)CC2. The molecule has 3 saturated heterocycles. The summed E-state index contributed by atoms with van der Waals surface area (Å²) < 4.78 is 34.2. The van der Waals surface area contributed by atoms with Crippen molar-refractivity contribution in [3.05, 3.63) is 27.4 Å². The van der Waals surface area contributed by atoms with Gasteiger partial charge in [-0.15, -0.1) is 11.6 Å². The van der Waals surface area contributed by atoms with Gasteiger partial charge in [0.1, 0.15) is 5.82 Å². The molecule has 262 valence electrons. The standard InChI is InChI=1S/C32H49ClN6O6S2/c1-18-13-23(30-29(34-18)25(17-46-30)31(41)36-47(4,43)44)22-14-20(33)5-8-27(22)45-12-11-39-19(2)35-26-7-6-21(15-24(26)32(39)42)38-10-9-37(3)28(40)16-38/h18,20-23,25,27,29-30,34H,5-17H2,1-4H3,(H,36,41). The van der Waals surface area contributed by atoms with Crippen LogP contribution in [-0.4, -0.2) is 120 Å². The maximum atomic E-state index is 13.8. The maximum Gasteiger partial charge on any atom is 0.257 e. The van der Waals surface area contributed by atoms with Gasteiger partial charge in [0, 0.05) is 60.2 Å². The molecule has 1 aromatic heterocycles. The van der Waals surface area contributed by atoms with Gasteiger partial charge in [0.05, 0.1) is 43.7 Å². The number of aryl methyl sites for hydroxylation is 2. The van der Waals surface area contributed by atoms with Gasteiger partial charge >= 0.3 is 0 Å². The Hall–Kier alpha value is -1.71. The lowest BCUT2D eigenvalue weighted by Gasteiger charge is -2.47. The Morgan fingerprint density at radius 2 is 1.96 bits per heavy atom. The molecular weight excluding hydrogens is 664 g/mol. The molecule has 2 aliphatic carbocycles. The van der Waals surface area contributed by atoms with Gasteiger partial charge in [0.15, 0.2) is 0 Å². The second-order valence-electron chi connectivity index (χ2n) is 14.3. The molecule has 4 fully saturated rings. The molecule has 6 rings (SSSR count). The van der Waals surface area contributed by atoms with Crippen molar-refractivity contribution in [2.75, 3.05) is 45.3 Å². The Kier molecular flexibility index (Phi) is 10.7. The predicted octanol–water partition coefficient (Wildman–Crippen LogP) is 1.15. The summed E-state index contributed by atoms with van der Waals surface area (Å²) in [6.07, 6.45) is 6.68. The molecule has 9 atom stereocenters. The van der Waals surface area contributed by atoms with Gasteiger partial charge < -0.3 is 15.0 Å². The minimum atomic E-state index is -3.64. The summed E-state index contributed by atoms with van der Waals surface area (Å²) in [6.45, 7) is 6.73. The lowest BCUT2D eigenvalue weighted by molar-refractivity contribution is -0.135. The number of carbonyl (C=O) groups is 2. The predicted molar refractivity (Wildman–Crippen MR) is 182 cm³/mol. The van der Waals surface area contributed by atoms with Crippen molar-refractivity contribution in [2.45, 2.75) is 100 Å². The van der Waals surface area contributed by atoms with E-state index in [9.17, 15) is 22.8 Å². The average molecular weight is 713 g/mol. The van der Waals surface area contributed by atoms with Gasteiger partial charge in [-0.05, 0) is 70.6 Å². The molecule has 5 aliphatic rings. The minimum absolute atomic E-state index is 0.00180. The van der Waals surface area contributed by atoms with Gasteiger partial charge in [-0.3, -0.25) is 28.6 Å². The number of alkyl halides is 1. The second-order valence-corrected chi connectivity index (χ2v) is 17.9. The molecular formula is C32H49ClN6O6S2. The molecule has 12 nitrogen and oxygen atoms in total. The number of aromatic nitrogens is 2. The smallest absolute Gasteiger partial charge is 0.257 e. The number of nitrogens with zero attached hydrogens (tertiary/aromatic N) is 4. The largest absolute Gasteiger partial charge is 0.376 e. The van der Waals surface area contributed by atoms with Crippen LogP contribution in [-0.2, 0) is 43.7 Å². The van der Waals surface area contributed by atoms with Crippen LogP contribution in [0.25, 0.3) is 0 Å². The Morgan fingerprint density at radius 3 is 2.70 bits per heavy atom. The highest BCUT2D eigenvalue weighted by Gasteiger charge is 2.52. The zero-order valence-corrected chi connectivity index (χ0v) is 30.2. The Labute approximate surface area is 287 Å². The molecule has 2 amide bonds. The lowest BCUT2D eigenvalue weighted by Crippen LogP contribution is -2.58. The van der Waals surface area contributed by atoms with Gasteiger partial charge in [-0.2, -0.15) is 11.8 Å². The summed E-state index contributed by atoms with van der Waals surface area (Å²) in [5.41, 5.74) is 1.65. The monoisotopic (exact) mass is 712 g/mol. The van der Waals surface area contributed by atoms with Crippen LogP contribution in [0.5, 0.6) is 0 Å². The molecule has 1 saturated carbocycles. The summed E-state index contributed by atoms with van der Waals surface area (Å²) in [6, 6.07) is 0.207. The van der Waals surface area contributed by atoms with Crippen molar-refractivity contribution in [1.29, 1.82) is 0 Å². The maximum absolute atomic E-state index is 13.8. The normalized spacial score (nSPS) is 35.0. The van der Waals surface area contributed by atoms with Crippen LogP contribution in [0.1, 0.15) is 56.1 Å². The molecule has 0 bridgehead atoms. The number of ether oxygens (including phenoxy) is 1. The van der Waals surface area contributed by atoms with Crippen LogP contribution < -0.4 is 15.6 Å². The first-order valence-electron chi connectivity index (χ1n) is 17.0. The number of piperazine rings is 1. The number of amides is 2. The fraction of sp³-hybridized carbons (Fsp3) is 0.812. The quantitative estimate of drug-likeness (QED) is 0.377. The number of fused-ring (bicyclic) bond motifs is 2. The number of likely N-dealkylation sites (N-methyl/N-ethyl adjacent to an activating group) is 1. The van der Waals surface area contributed by atoms with Crippen LogP contribution in [0.15, 0.2) is 4.79 Å². The van der Waals surface area contributed by atoms with Crippen LogP contribution in [0, 0.1) is 24.7 Å². The van der Waals surface area contributed by atoms with E-state index in [1.165, 1.54) is 0 Å². The number of hydrogen-bond acceptors (Lipinski definition) is 10. The molecule has 0 spiro atoms. The van der Waals surface area contributed by atoms with Crippen LogP contribution in [0.2, 0.25) is 0 Å². The summed E-state index contributed by atoms with van der Waals surface area (Å²) in [5.74, 6) is 0.969. The van der Waals surface area contributed by atoms with Crippen molar-refractivity contribution < 1.29 is 22.7 Å². The van der Waals surface area contributed by atoms with Crippen molar-refractivity contribution in [2.24, 2.45) is 17.8 Å². The molecule has 2 N–H and O–H groups in total. The van der Waals surface area contributed by atoms with Gasteiger partial charge in [-0.25, -0.2) is 13.4 Å². The second kappa shape index (κ2) is 14.3. The molecule has 47 heavy (non-hydrogen) atoms. The van der Waals surface area contributed by atoms with Crippen molar-refractivity contribution in [3.8, 4) is 0 Å². The van der Waals surface area contributed by atoms with Crippen molar-refractivity contribution in [3.63, 3.8) is 0 Å². The van der Waals surface area contributed by atoms with E-state index in [1.54, 1.807) is 21.2 Å². The first kappa shape index (κ1) is 35.1. The number of thioether (sulfide) groups is 1. The first-order chi connectivity index (χ1) is 22.3. The summed E-state index contributed by atoms with van der Waals surface area (Å²) in [7, 11) is -1.80. The number of sulfonamides is 1. The third-order valence-corrected chi connectivity index (χ3v) is 13.6. The van der Waals surface area contributed by atoms with Crippen LogP contribution >= 0.6 is 23.4 Å². The number of piperidine rings is 1. The molecule has 15 heteroatoms. The number of carbonyl (C=O) groups excluding carboxylic acids is 2. The van der Waals surface area contributed by atoms with Gasteiger partial charge in [-0.1, -0.05) is 0 Å². The zero-order chi connectivity index (χ0) is 33.6. The number of nitrogens with one attached hydrogen (secondary N) is 2. The average Bonchev–Trinajstić information content (AvgIpc) is 3.43. The van der Waals surface area contributed by atoms with E-state index in [2.05, 4.69) is 21.9 Å². The van der Waals surface area contributed by atoms with E-state index in [1.807, 2.05) is 14.0 Å². The van der Waals surface area contributed by atoms with E-state index in [0.717, 1.165) is 62.6 Å². The highest BCUT2D eigenvalue weighted by Crippen LogP contribution is 2.48. The molecule has 3 aliphatic heterocycles. The van der Waals surface area contributed by atoms with Gasteiger partial charge in [0.25, 0.3) is 5.56 Å². The van der Waals surface area contributed by atoms with Gasteiger partial charge in [0.2, 0.25) is 21.8 Å². The van der Waals surface area contributed by atoms with Crippen molar-refractivity contribution >= 4 is 45.2 Å². The van der Waals surface area contributed by atoms with Crippen LogP contribution in [0.4, 0.5) is 0 Å². The van der Waals surface area contributed by atoms with E-state index >= 15 is 0 Å². The number of hydrogen-bond donors (Lipinski definition) is 2. The number of halogens is 1. The molecule has 1 aromatic rings. The Balaban J connectivity index is 1.13. The van der Waals surface area contributed by atoms with E-state index in [-0.39, 0.29) is 58.2 Å². The van der Waals surface area contributed by atoms with E-state index in [4.69, 9.17) is 21.3 Å². The highest BCUT2D eigenvalue weighted by molar-refractivity contribution is 8.00. The molecule has 0 aromatic carbocycles. The molecule has 4 heterocycles. The molecule has 0 radical (unpaired) electrons. The zero-order valence-electron chi connectivity index (χ0n) is 27.8. The fourth-order valence-corrected chi connectivity index (χ4v) is 11.3. The highest BCUT2D eigenvalue weighted by atomic mass is 35.5. The third-order valence-electron chi connectivity index (χ3n) is 11.1. The lowest BCUT2D eigenvalue weighted by atomic mass is 9.70. The van der Waals surface area contributed by atoms with Crippen LogP contribution in [0.3, 0.4) is 0 Å². The number of rotatable bonds is 8. The topological polar surface area (TPSA) is 143 Å².